The number of para-hydroxylation sites is 1. The highest BCUT2D eigenvalue weighted by atomic mass is 16.5. The summed E-state index contributed by atoms with van der Waals surface area (Å²) in [5, 5.41) is 13.9. The number of hydrogen-bond donors (Lipinski definition) is 1. The number of amides is 2. The first-order chi connectivity index (χ1) is 5.70. The van der Waals surface area contributed by atoms with Crippen LogP contribution in [0, 0.1) is 5.21 Å². The zero-order chi connectivity index (χ0) is 8.97. The summed E-state index contributed by atoms with van der Waals surface area (Å²) in [5.41, 5.74) is 4.96. The van der Waals surface area contributed by atoms with Crippen molar-refractivity contribution in [2.75, 3.05) is 0 Å². The fourth-order valence-electron chi connectivity index (χ4n) is 0.703. The maximum atomic E-state index is 10.9. The smallest absolute Gasteiger partial charge is 0.399 e. The SMILES string of the molecule is NC(=O)N=[N+]([O-])c1ccccc1. The molecule has 1 aromatic carbocycles. The molecule has 0 aliphatic rings. The van der Waals surface area contributed by atoms with Crippen molar-refractivity contribution in [1.82, 2.24) is 0 Å². The highest BCUT2D eigenvalue weighted by Crippen LogP contribution is 2.08. The molecule has 0 saturated carbocycles. The van der Waals surface area contributed by atoms with Gasteiger partial charge in [0.1, 0.15) is 0 Å². The molecule has 1 aromatic rings. The lowest BCUT2D eigenvalue weighted by molar-refractivity contribution is -0.434. The number of benzene rings is 1. The Morgan fingerprint density at radius 3 is 2.50 bits per heavy atom. The summed E-state index contributed by atoms with van der Waals surface area (Å²) >= 11 is 0. The molecule has 0 aliphatic carbocycles. The van der Waals surface area contributed by atoms with E-state index >= 15 is 0 Å². The van der Waals surface area contributed by atoms with Crippen molar-refractivity contribution in [1.29, 1.82) is 0 Å². The van der Waals surface area contributed by atoms with E-state index < -0.39 is 6.03 Å². The molecule has 5 heteroatoms. The van der Waals surface area contributed by atoms with E-state index in [0.29, 0.717) is 0 Å². The summed E-state index contributed by atoms with van der Waals surface area (Å²) in [6.45, 7) is 0. The first kappa shape index (κ1) is 8.19. The lowest BCUT2D eigenvalue weighted by Gasteiger charge is -1.95. The third kappa shape index (κ3) is 2.05. The van der Waals surface area contributed by atoms with Crippen LogP contribution in [0.1, 0.15) is 0 Å². The second kappa shape index (κ2) is 3.47. The van der Waals surface area contributed by atoms with Gasteiger partial charge in [-0.25, -0.2) is 4.79 Å². The zero-order valence-electron chi connectivity index (χ0n) is 6.18. The van der Waals surface area contributed by atoms with Crippen LogP contribution in [0.2, 0.25) is 0 Å². The van der Waals surface area contributed by atoms with Crippen LogP contribution in [-0.4, -0.2) is 10.9 Å². The van der Waals surface area contributed by atoms with E-state index in [1.54, 1.807) is 18.2 Å². The van der Waals surface area contributed by atoms with E-state index in [4.69, 9.17) is 0 Å². The Morgan fingerprint density at radius 1 is 1.42 bits per heavy atom. The van der Waals surface area contributed by atoms with Gasteiger partial charge in [-0.05, 0) is 4.86 Å². The van der Waals surface area contributed by atoms with Crippen LogP contribution in [0.3, 0.4) is 0 Å². The predicted molar refractivity (Wildman–Crippen MR) is 41.7 cm³/mol. The van der Waals surface area contributed by atoms with Crippen molar-refractivity contribution < 1.29 is 9.66 Å². The van der Waals surface area contributed by atoms with Crippen LogP contribution < -0.4 is 5.73 Å². The molecule has 2 amide bonds. The van der Waals surface area contributed by atoms with Crippen LogP contribution in [0.15, 0.2) is 35.4 Å². The molecule has 0 atom stereocenters. The molecule has 12 heavy (non-hydrogen) atoms. The molecule has 0 aliphatic heterocycles. The third-order valence-electron chi connectivity index (χ3n) is 1.17. The molecule has 0 aromatic heterocycles. The van der Waals surface area contributed by atoms with Crippen molar-refractivity contribution >= 4 is 11.7 Å². The summed E-state index contributed by atoms with van der Waals surface area (Å²) < 4.78 is 0. The Hall–Kier alpha value is -1.91. The van der Waals surface area contributed by atoms with E-state index in [9.17, 15) is 10.0 Å². The van der Waals surface area contributed by atoms with Crippen LogP contribution in [0.5, 0.6) is 0 Å². The number of carbonyl (C=O) groups excluding carboxylic acids is 1. The highest BCUT2D eigenvalue weighted by Gasteiger charge is 2.02. The van der Waals surface area contributed by atoms with Crippen molar-refractivity contribution in [3.05, 3.63) is 35.5 Å². The molecular weight excluding hydrogens is 158 g/mol. The minimum Gasteiger partial charge on any atom is -0.594 e. The van der Waals surface area contributed by atoms with E-state index in [2.05, 4.69) is 10.8 Å². The molecule has 0 spiro atoms. The Morgan fingerprint density at radius 2 is 2.00 bits per heavy atom. The van der Waals surface area contributed by atoms with Crippen molar-refractivity contribution in [2.45, 2.75) is 0 Å². The molecule has 0 fully saturated rings. The lowest BCUT2D eigenvalue weighted by atomic mass is 10.3. The van der Waals surface area contributed by atoms with Gasteiger partial charge in [0.2, 0.25) is 5.69 Å². The van der Waals surface area contributed by atoms with Crippen LogP contribution >= 0.6 is 0 Å². The van der Waals surface area contributed by atoms with Crippen molar-refractivity contribution in [2.24, 2.45) is 10.8 Å². The van der Waals surface area contributed by atoms with Crippen LogP contribution in [-0.2, 0) is 0 Å². The second-order valence-corrected chi connectivity index (χ2v) is 2.05. The van der Waals surface area contributed by atoms with Gasteiger partial charge in [0.05, 0.1) is 5.11 Å². The van der Waals surface area contributed by atoms with Gasteiger partial charge >= 0.3 is 6.03 Å². The van der Waals surface area contributed by atoms with E-state index in [1.165, 1.54) is 12.1 Å². The number of carbonyl (C=O) groups is 1. The highest BCUT2D eigenvalue weighted by molar-refractivity contribution is 5.71. The van der Waals surface area contributed by atoms with Gasteiger partial charge in [-0.15, -0.1) is 0 Å². The summed E-state index contributed by atoms with van der Waals surface area (Å²) in [6, 6.07) is 7.13. The summed E-state index contributed by atoms with van der Waals surface area (Å²) in [6.07, 6.45) is 0. The molecule has 5 nitrogen and oxygen atoms in total. The lowest BCUT2D eigenvalue weighted by Crippen LogP contribution is -2.07. The minimum atomic E-state index is -1.01. The van der Waals surface area contributed by atoms with Crippen molar-refractivity contribution in [3.8, 4) is 0 Å². The summed E-state index contributed by atoms with van der Waals surface area (Å²) in [5.74, 6) is 0. The molecule has 1 rings (SSSR count). The normalized spacial score (nSPS) is 11.2. The topological polar surface area (TPSA) is 81.5 Å². The van der Waals surface area contributed by atoms with Crippen LogP contribution in [0.4, 0.5) is 10.5 Å². The van der Waals surface area contributed by atoms with E-state index in [-0.39, 0.29) is 10.5 Å². The maximum Gasteiger partial charge on any atom is 0.399 e. The van der Waals surface area contributed by atoms with Gasteiger partial charge in [-0.1, -0.05) is 18.2 Å². The molecule has 0 bridgehead atoms. The number of nitrogens with zero attached hydrogens (tertiary/aromatic N) is 2. The van der Waals surface area contributed by atoms with E-state index in [0.717, 1.165) is 0 Å². The standard InChI is InChI=1S/C7H7N3O2/c8-7(11)9-10(12)6-4-2-1-3-5-6/h1-5H,(H2,8,11). The number of primary amides is 1. The Balaban J connectivity index is 2.93. The van der Waals surface area contributed by atoms with E-state index in [1.807, 2.05) is 0 Å². The predicted octanol–water partition coefficient (Wildman–Crippen LogP) is 1.36. The van der Waals surface area contributed by atoms with Gasteiger partial charge in [0.15, 0.2) is 0 Å². The largest absolute Gasteiger partial charge is 0.594 e. The number of nitrogens with two attached hydrogens (primary N) is 1. The fraction of sp³-hybridized carbons (Fsp3) is 0. The summed E-state index contributed by atoms with van der Waals surface area (Å²) in [4.78, 5) is 10.4. The first-order valence-corrected chi connectivity index (χ1v) is 3.23. The third-order valence-corrected chi connectivity index (χ3v) is 1.17. The molecule has 0 unspecified atom stereocenters. The number of azo groups is 1. The average molecular weight is 165 g/mol. The van der Waals surface area contributed by atoms with Gasteiger partial charge < -0.3 is 10.9 Å². The molecule has 0 saturated heterocycles. The monoisotopic (exact) mass is 165 g/mol. The Bertz CT molecular complexity index is 308. The number of urea groups is 1. The molecule has 2 N–H and O–H groups in total. The average Bonchev–Trinajstić information content (AvgIpc) is 2.05. The van der Waals surface area contributed by atoms with Gasteiger partial charge in [-0.2, -0.15) is 0 Å². The molecular formula is C7H7N3O2. The maximum absolute atomic E-state index is 10.9. The molecule has 0 heterocycles. The van der Waals surface area contributed by atoms with Crippen molar-refractivity contribution in [3.63, 3.8) is 0 Å². The van der Waals surface area contributed by atoms with Gasteiger partial charge in [0, 0.05) is 12.1 Å². The Kier molecular flexibility index (Phi) is 2.37. The number of hydrogen-bond acceptors (Lipinski definition) is 2. The number of rotatable bonds is 1. The fourth-order valence-corrected chi connectivity index (χ4v) is 0.703. The Labute approximate surface area is 68.7 Å². The van der Waals surface area contributed by atoms with Gasteiger partial charge in [-0.3, -0.25) is 0 Å². The minimum absolute atomic E-state index is 0.183. The van der Waals surface area contributed by atoms with Gasteiger partial charge in [0.25, 0.3) is 0 Å². The molecule has 62 valence electrons. The first-order valence-electron chi connectivity index (χ1n) is 3.23. The molecule has 0 radical (unpaired) electrons. The van der Waals surface area contributed by atoms with Crippen LogP contribution in [0.25, 0.3) is 0 Å². The second-order valence-electron chi connectivity index (χ2n) is 2.05. The quantitative estimate of drug-likeness (QED) is 0.387. The zero-order valence-corrected chi connectivity index (χ0v) is 6.18. The summed E-state index contributed by atoms with van der Waals surface area (Å²) in [7, 11) is 0.